The first-order valence-corrected chi connectivity index (χ1v) is 10.2. The van der Waals surface area contributed by atoms with Crippen molar-refractivity contribution in [1.29, 1.82) is 0 Å². The number of nitrogens with zero attached hydrogens (tertiary/aromatic N) is 1. The fourth-order valence-corrected chi connectivity index (χ4v) is 2.88. The van der Waals surface area contributed by atoms with Gasteiger partial charge in [0.25, 0.3) is 5.91 Å². The van der Waals surface area contributed by atoms with Crippen LogP contribution in [0, 0.1) is 6.92 Å². The van der Waals surface area contributed by atoms with E-state index < -0.39 is 6.04 Å². The topological polar surface area (TPSA) is 58.6 Å². The third-order valence-electron chi connectivity index (χ3n) is 4.86. The molecule has 0 aliphatic heterocycles. The van der Waals surface area contributed by atoms with Gasteiger partial charge in [0.2, 0.25) is 5.91 Å². The zero-order valence-electron chi connectivity index (χ0n) is 17.4. The highest BCUT2D eigenvalue weighted by atomic mass is 35.5. The van der Waals surface area contributed by atoms with Gasteiger partial charge in [0.1, 0.15) is 11.8 Å². The molecule has 0 radical (unpaired) electrons. The predicted molar refractivity (Wildman–Crippen MR) is 116 cm³/mol. The molecule has 0 spiro atoms. The number of aryl methyl sites for hydroxylation is 1. The van der Waals surface area contributed by atoms with Crippen molar-refractivity contribution < 1.29 is 14.3 Å². The molecular formula is C23H29ClN2O3. The minimum absolute atomic E-state index is 0.0481. The van der Waals surface area contributed by atoms with Crippen LogP contribution in [-0.4, -0.2) is 35.4 Å². The van der Waals surface area contributed by atoms with Crippen LogP contribution in [-0.2, 0) is 16.1 Å². The Hall–Kier alpha value is -2.53. The zero-order chi connectivity index (χ0) is 21.4. The third-order valence-corrected chi connectivity index (χ3v) is 5.28. The van der Waals surface area contributed by atoms with E-state index in [4.69, 9.17) is 16.3 Å². The van der Waals surface area contributed by atoms with Crippen LogP contribution in [0.2, 0.25) is 5.02 Å². The van der Waals surface area contributed by atoms with E-state index in [2.05, 4.69) is 5.32 Å². The van der Waals surface area contributed by atoms with Gasteiger partial charge >= 0.3 is 0 Å². The summed E-state index contributed by atoms with van der Waals surface area (Å²) >= 11 is 6.04. The van der Waals surface area contributed by atoms with Gasteiger partial charge < -0.3 is 15.0 Å². The lowest BCUT2D eigenvalue weighted by atomic mass is 10.1. The molecule has 2 atom stereocenters. The molecule has 2 aromatic rings. The molecule has 0 heterocycles. The van der Waals surface area contributed by atoms with Crippen molar-refractivity contribution in [2.24, 2.45) is 0 Å². The van der Waals surface area contributed by atoms with Gasteiger partial charge in [-0.3, -0.25) is 9.59 Å². The molecule has 0 saturated carbocycles. The Morgan fingerprint density at radius 2 is 1.83 bits per heavy atom. The van der Waals surface area contributed by atoms with Crippen molar-refractivity contribution in [2.75, 3.05) is 6.61 Å². The molecule has 6 heteroatoms. The highest BCUT2D eigenvalue weighted by Gasteiger charge is 2.27. The van der Waals surface area contributed by atoms with Gasteiger partial charge in [-0.2, -0.15) is 0 Å². The van der Waals surface area contributed by atoms with Crippen LogP contribution in [0.1, 0.15) is 38.3 Å². The molecule has 0 saturated heterocycles. The minimum atomic E-state index is -0.618. The van der Waals surface area contributed by atoms with Crippen LogP contribution < -0.4 is 10.1 Å². The lowest BCUT2D eigenvalue weighted by Crippen LogP contribution is -2.50. The molecule has 2 rings (SSSR count). The lowest BCUT2D eigenvalue weighted by molar-refractivity contribution is -0.142. The first-order chi connectivity index (χ1) is 13.8. The molecule has 2 amide bonds. The van der Waals surface area contributed by atoms with E-state index in [9.17, 15) is 9.59 Å². The van der Waals surface area contributed by atoms with Crippen LogP contribution in [0.5, 0.6) is 5.75 Å². The molecule has 0 fully saturated rings. The summed E-state index contributed by atoms with van der Waals surface area (Å²) < 4.78 is 5.67. The second-order valence-corrected chi connectivity index (χ2v) is 7.61. The normalized spacial score (nSPS) is 12.7. The maximum absolute atomic E-state index is 13.0. The van der Waals surface area contributed by atoms with Crippen LogP contribution >= 0.6 is 11.6 Å². The molecule has 2 aromatic carbocycles. The van der Waals surface area contributed by atoms with E-state index >= 15 is 0 Å². The highest BCUT2D eigenvalue weighted by molar-refractivity contribution is 6.31. The summed E-state index contributed by atoms with van der Waals surface area (Å²) in [5.74, 6) is 0.135. The molecular weight excluding hydrogens is 388 g/mol. The van der Waals surface area contributed by atoms with Gasteiger partial charge in [0.15, 0.2) is 6.61 Å². The Morgan fingerprint density at radius 1 is 1.14 bits per heavy atom. The number of rotatable bonds is 9. The van der Waals surface area contributed by atoms with Gasteiger partial charge in [-0.15, -0.1) is 0 Å². The fourth-order valence-electron chi connectivity index (χ4n) is 2.76. The number of amides is 2. The molecule has 0 bridgehead atoms. The monoisotopic (exact) mass is 416 g/mol. The van der Waals surface area contributed by atoms with E-state index in [1.54, 1.807) is 30.0 Å². The van der Waals surface area contributed by atoms with E-state index in [0.29, 0.717) is 17.3 Å². The maximum Gasteiger partial charge on any atom is 0.261 e. The van der Waals surface area contributed by atoms with Crippen LogP contribution in [0.25, 0.3) is 0 Å². The van der Waals surface area contributed by atoms with E-state index in [-0.39, 0.29) is 24.5 Å². The van der Waals surface area contributed by atoms with Gasteiger partial charge in [0.05, 0.1) is 0 Å². The Balaban J connectivity index is 2.12. The van der Waals surface area contributed by atoms with Crippen molar-refractivity contribution in [1.82, 2.24) is 10.2 Å². The Kier molecular flexibility index (Phi) is 8.52. The quantitative estimate of drug-likeness (QED) is 0.660. The lowest BCUT2D eigenvalue weighted by Gasteiger charge is -2.29. The minimum Gasteiger partial charge on any atom is -0.484 e. The third kappa shape index (κ3) is 6.79. The summed E-state index contributed by atoms with van der Waals surface area (Å²) in [4.78, 5) is 27.2. The van der Waals surface area contributed by atoms with E-state index in [1.807, 2.05) is 51.1 Å². The number of nitrogens with one attached hydrogen (secondary N) is 1. The number of hydrogen-bond donors (Lipinski definition) is 1. The first kappa shape index (κ1) is 22.8. The second-order valence-electron chi connectivity index (χ2n) is 7.20. The Morgan fingerprint density at radius 3 is 2.45 bits per heavy atom. The van der Waals surface area contributed by atoms with Gasteiger partial charge in [-0.1, -0.05) is 48.9 Å². The molecule has 5 nitrogen and oxygen atoms in total. The SMILES string of the molecule is CC[C@@H](C)NC(=O)[C@H](C)N(Cc1ccccc1)C(=O)COc1ccc(Cl)c(C)c1. The highest BCUT2D eigenvalue weighted by Crippen LogP contribution is 2.21. The van der Waals surface area contributed by atoms with Crippen LogP contribution in [0.15, 0.2) is 48.5 Å². The first-order valence-electron chi connectivity index (χ1n) is 9.84. The number of halogens is 1. The smallest absolute Gasteiger partial charge is 0.261 e. The van der Waals surface area contributed by atoms with Crippen LogP contribution in [0.3, 0.4) is 0 Å². The number of ether oxygens (including phenoxy) is 1. The van der Waals surface area contributed by atoms with Crippen molar-refractivity contribution in [3.05, 3.63) is 64.7 Å². The van der Waals surface area contributed by atoms with Crippen molar-refractivity contribution in [3.63, 3.8) is 0 Å². The Bertz CT molecular complexity index is 826. The number of hydrogen-bond acceptors (Lipinski definition) is 3. The average molecular weight is 417 g/mol. The maximum atomic E-state index is 13.0. The van der Waals surface area contributed by atoms with E-state index in [1.165, 1.54) is 0 Å². The Labute approximate surface area is 178 Å². The largest absolute Gasteiger partial charge is 0.484 e. The molecule has 0 aliphatic rings. The number of benzene rings is 2. The number of carbonyl (C=O) groups excluding carboxylic acids is 2. The molecule has 29 heavy (non-hydrogen) atoms. The van der Waals surface area contributed by atoms with Crippen LogP contribution in [0.4, 0.5) is 0 Å². The number of carbonyl (C=O) groups is 2. The summed E-state index contributed by atoms with van der Waals surface area (Å²) in [5.41, 5.74) is 1.82. The molecule has 0 aliphatic carbocycles. The summed E-state index contributed by atoms with van der Waals surface area (Å²) in [5, 5.41) is 3.59. The van der Waals surface area contributed by atoms with Gasteiger partial charge in [-0.25, -0.2) is 0 Å². The molecule has 0 unspecified atom stereocenters. The van der Waals surface area contributed by atoms with E-state index in [0.717, 1.165) is 17.5 Å². The average Bonchev–Trinajstić information content (AvgIpc) is 2.72. The van der Waals surface area contributed by atoms with Crippen molar-refractivity contribution in [3.8, 4) is 5.75 Å². The predicted octanol–water partition coefficient (Wildman–Crippen LogP) is 4.36. The van der Waals surface area contributed by atoms with Gasteiger partial charge in [-0.05, 0) is 56.5 Å². The molecule has 156 valence electrons. The molecule has 1 N–H and O–H groups in total. The summed E-state index contributed by atoms with van der Waals surface area (Å²) in [6.07, 6.45) is 0.824. The van der Waals surface area contributed by atoms with Gasteiger partial charge in [0, 0.05) is 17.6 Å². The van der Waals surface area contributed by atoms with Crippen molar-refractivity contribution >= 4 is 23.4 Å². The fraction of sp³-hybridized carbons (Fsp3) is 0.391. The molecule has 0 aromatic heterocycles. The second kappa shape index (κ2) is 10.9. The van der Waals surface area contributed by atoms with Crippen molar-refractivity contribution in [2.45, 2.75) is 52.7 Å². The summed E-state index contributed by atoms with van der Waals surface area (Å²) in [6.45, 7) is 7.74. The standard InChI is InChI=1S/C23H29ClN2O3/c1-5-17(3)25-23(28)18(4)26(14-19-9-7-6-8-10-19)22(27)15-29-20-11-12-21(24)16(2)13-20/h6-13,17-18H,5,14-15H2,1-4H3,(H,25,28)/t17-,18+/m1/s1. The zero-order valence-corrected chi connectivity index (χ0v) is 18.2. The summed E-state index contributed by atoms with van der Waals surface area (Å²) in [6, 6.07) is 14.3. The summed E-state index contributed by atoms with van der Waals surface area (Å²) in [7, 11) is 0.